The summed E-state index contributed by atoms with van der Waals surface area (Å²) < 4.78 is 5.13. The second-order valence-electron chi connectivity index (χ2n) is 5.76. The molecule has 0 aliphatic carbocycles. The number of benzene rings is 1. The lowest BCUT2D eigenvalue weighted by Gasteiger charge is -2.19. The molecule has 114 valence electrons. The van der Waals surface area contributed by atoms with Gasteiger partial charge in [-0.25, -0.2) is 4.79 Å². The Morgan fingerprint density at radius 2 is 2.10 bits per heavy atom. The number of alkyl carbamates (subject to hydrolysis) is 1. The van der Waals surface area contributed by atoms with Crippen molar-refractivity contribution in [3.8, 4) is 11.8 Å². The number of anilines is 1. The first kappa shape index (κ1) is 16.9. The molecule has 3 N–H and O–H groups in total. The van der Waals surface area contributed by atoms with E-state index >= 15 is 0 Å². The zero-order chi connectivity index (χ0) is 15.9. The molecule has 0 unspecified atom stereocenters. The minimum Gasteiger partial charge on any atom is -0.444 e. The van der Waals surface area contributed by atoms with Gasteiger partial charge in [-0.3, -0.25) is 0 Å². The van der Waals surface area contributed by atoms with Crippen molar-refractivity contribution in [3.63, 3.8) is 0 Å². The number of amides is 1. The number of carbonyl (C=O) groups is 1. The predicted molar refractivity (Wildman–Crippen MR) is 86.0 cm³/mol. The molecular weight excluding hydrogens is 264 g/mol. The quantitative estimate of drug-likeness (QED) is 0.510. The summed E-state index contributed by atoms with van der Waals surface area (Å²) in [5.41, 5.74) is 8.13. The van der Waals surface area contributed by atoms with E-state index in [-0.39, 0.29) is 0 Å². The summed E-state index contributed by atoms with van der Waals surface area (Å²) in [6, 6.07) is 5.88. The van der Waals surface area contributed by atoms with Crippen molar-refractivity contribution in [2.24, 2.45) is 0 Å². The number of aryl methyl sites for hydroxylation is 1. The number of ether oxygens (including phenoxy) is 1. The molecule has 0 aliphatic rings. The van der Waals surface area contributed by atoms with Crippen molar-refractivity contribution in [2.75, 3.05) is 12.3 Å². The topological polar surface area (TPSA) is 64.3 Å². The molecule has 4 heteroatoms. The Labute approximate surface area is 127 Å². The molecule has 21 heavy (non-hydrogen) atoms. The Morgan fingerprint density at radius 1 is 1.38 bits per heavy atom. The zero-order valence-electron chi connectivity index (χ0n) is 13.2. The number of nitrogen functional groups attached to an aromatic ring is 1. The van der Waals surface area contributed by atoms with E-state index in [4.69, 9.17) is 10.5 Å². The normalized spacial score (nSPS) is 10.5. The molecule has 0 radical (unpaired) electrons. The summed E-state index contributed by atoms with van der Waals surface area (Å²) in [6.07, 6.45) is 1.08. The van der Waals surface area contributed by atoms with Crippen LogP contribution in [0.3, 0.4) is 0 Å². The van der Waals surface area contributed by atoms with Gasteiger partial charge in [-0.2, -0.15) is 0 Å². The van der Waals surface area contributed by atoms with Crippen molar-refractivity contribution in [2.45, 2.75) is 46.1 Å². The highest BCUT2D eigenvalue weighted by molar-refractivity contribution is 5.67. The van der Waals surface area contributed by atoms with Crippen molar-refractivity contribution in [1.29, 1.82) is 0 Å². The van der Waals surface area contributed by atoms with E-state index in [2.05, 4.69) is 24.1 Å². The molecule has 0 saturated carbocycles. The van der Waals surface area contributed by atoms with E-state index in [0.717, 1.165) is 12.0 Å². The van der Waals surface area contributed by atoms with E-state index < -0.39 is 11.7 Å². The molecule has 1 amide bonds. The first-order valence-electron chi connectivity index (χ1n) is 7.16. The maximum absolute atomic E-state index is 11.4. The van der Waals surface area contributed by atoms with Crippen molar-refractivity contribution in [1.82, 2.24) is 5.32 Å². The minimum absolute atomic E-state index is 0.420. The first-order chi connectivity index (χ1) is 9.81. The van der Waals surface area contributed by atoms with Gasteiger partial charge in [0.05, 0.1) is 0 Å². The molecule has 0 aromatic heterocycles. The third-order valence-corrected chi connectivity index (χ3v) is 2.67. The van der Waals surface area contributed by atoms with Crippen LogP contribution < -0.4 is 11.1 Å². The van der Waals surface area contributed by atoms with E-state index in [1.54, 1.807) is 0 Å². The molecule has 1 rings (SSSR count). The fourth-order valence-corrected chi connectivity index (χ4v) is 1.63. The highest BCUT2D eigenvalue weighted by atomic mass is 16.6. The highest BCUT2D eigenvalue weighted by Gasteiger charge is 2.15. The van der Waals surface area contributed by atoms with Crippen LogP contribution in [-0.2, 0) is 11.2 Å². The molecular formula is C17H24N2O2. The Hall–Kier alpha value is -2.15. The Morgan fingerprint density at radius 3 is 2.71 bits per heavy atom. The maximum atomic E-state index is 11.4. The molecule has 1 aromatic carbocycles. The van der Waals surface area contributed by atoms with Crippen LogP contribution in [0.2, 0.25) is 0 Å². The van der Waals surface area contributed by atoms with Gasteiger partial charge in [-0.05, 0) is 44.9 Å². The lowest BCUT2D eigenvalue weighted by Crippen LogP contribution is -2.32. The zero-order valence-corrected chi connectivity index (χ0v) is 13.2. The second kappa shape index (κ2) is 7.58. The van der Waals surface area contributed by atoms with Crippen LogP contribution in [0.1, 0.15) is 45.2 Å². The number of hydrogen-bond acceptors (Lipinski definition) is 3. The van der Waals surface area contributed by atoms with Crippen molar-refractivity contribution < 1.29 is 9.53 Å². The largest absolute Gasteiger partial charge is 0.444 e. The molecule has 4 nitrogen and oxygen atoms in total. The van der Waals surface area contributed by atoms with Crippen LogP contribution in [0.5, 0.6) is 0 Å². The van der Waals surface area contributed by atoms with Gasteiger partial charge in [0.25, 0.3) is 0 Å². The van der Waals surface area contributed by atoms with Gasteiger partial charge < -0.3 is 15.8 Å². The van der Waals surface area contributed by atoms with Crippen molar-refractivity contribution in [3.05, 3.63) is 29.3 Å². The molecule has 0 heterocycles. The number of hydrogen-bond donors (Lipinski definition) is 2. The predicted octanol–water partition coefficient (Wildman–Crippen LogP) is 3.10. The fourth-order valence-electron chi connectivity index (χ4n) is 1.63. The molecule has 0 bridgehead atoms. The van der Waals surface area contributed by atoms with Crippen LogP contribution >= 0.6 is 0 Å². The molecule has 0 fully saturated rings. The lowest BCUT2D eigenvalue weighted by molar-refractivity contribution is 0.0529. The van der Waals surface area contributed by atoms with E-state index in [9.17, 15) is 4.79 Å². The number of nitrogens with one attached hydrogen (secondary N) is 1. The van der Waals surface area contributed by atoms with Crippen molar-refractivity contribution >= 4 is 11.8 Å². The van der Waals surface area contributed by atoms with E-state index in [1.165, 1.54) is 5.56 Å². The molecule has 0 aliphatic heterocycles. The third-order valence-electron chi connectivity index (χ3n) is 2.67. The summed E-state index contributed by atoms with van der Waals surface area (Å²) in [6.45, 7) is 8.03. The van der Waals surface area contributed by atoms with Crippen LogP contribution in [0.4, 0.5) is 10.5 Å². The van der Waals surface area contributed by atoms with Gasteiger partial charge in [0.15, 0.2) is 0 Å². The van der Waals surface area contributed by atoms with E-state index in [0.29, 0.717) is 18.7 Å². The molecule has 0 spiro atoms. The highest BCUT2D eigenvalue weighted by Crippen LogP contribution is 2.13. The van der Waals surface area contributed by atoms with Crippen LogP contribution in [0, 0.1) is 11.8 Å². The number of nitrogens with two attached hydrogens (primary N) is 1. The molecule has 0 saturated heterocycles. The van der Waals surface area contributed by atoms with Gasteiger partial charge >= 0.3 is 6.09 Å². The van der Waals surface area contributed by atoms with Gasteiger partial charge in [0, 0.05) is 24.2 Å². The van der Waals surface area contributed by atoms with Crippen LogP contribution in [-0.4, -0.2) is 18.2 Å². The maximum Gasteiger partial charge on any atom is 0.407 e. The van der Waals surface area contributed by atoms with Gasteiger partial charge in [0.2, 0.25) is 0 Å². The smallest absolute Gasteiger partial charge is 0.407 e. The summed E-state index contributed by atoms with van der Waals surface area (Å²) >= 11 is 0. The standard InChI is InChI=1S/C17H24N2O2/c1-5-13-9-10-15(18)14(12-13)8-6-7-11-19-16(20)21-17(2,3)4/h9-10,12H,5,7,11,18H2,1-4H3,(H,19,20). The second-order valence-corrected chi connectivity index (χ2v) is 5.76. The average molecular weight is 288 g/mol. The summed E-state index contributed by atoms with van der Waals surface area (Å²) in [5, 5.41) is 2.67. The monoisotopic (exact) mass is 288 g/mol. The fraction of sp³-hybridized carbons (Fsp3) is 0.471. The summed E-state index contributed by atoms with van der Waals surface area (Å²) in [5.74, 6) is 6.05. The Kier molecular flexibility index (Phi) is 6.10. The van der Waals surface area contributed by atoms with E-state index in [1.807, 2.05) is 39.0 Å². The lowest BCUT2D eigenvalue weighted by atomic mass is 10.1. The average Bonchev–Trinajstić information content (AvgIpc) is 2.38. The Bertz CT molecular complexity index is 548. The van der Waals surface area contributed by atoms with Gasteiger partial charge in [-0.1, -0.05) is 24.8 Å². The Balaban J connectivity index is 2.45. The van der Waals surface area contributed by atoms with Crippen LogP contribution in [0.15, 0.2) is 18.2 Å². The SMILES string of the molecule is CCc1ccc(N)c(C#CCCNC(=O)OC(C)(C)C)c1. The number of rotatable bonds is 3. The third kappa shape index (κ3) is 6.71. The van der Waals surface area contributed by atoms with Gasteiger partial charge in [0.1, 0.15) is 5.60 Å². The van der Waals surface area contributed by atoms with Crippen LogP contribution in [0.25, 0.3) is 0 Å². The minimum atomic E-state index is -0.481. The number of carbonyl (C=O) groups excluding carboxylic acids is 1. The molecule has 1 aromatic rings. The van der Waals surface area contributed by atoms with Gasteiger partial charge in [-0.15, -0.1) is 0 Å². The summed E-state index contributed by atoms with van der Waals surface area (Å²) in [7, 11) is 0. The summed E-state index contributed by atoms with van der Waals surface area (Å²) in [4.78, 5) is 11.4. The first-order valence-corrected chi connectivity index (χ1v) is 7.16. The molecule has 0 atom stereocenters.